The summed E-state index contributed by atoms with van der Waals surface area (Å²) in [5.74, 6) is -0.520. The second kappa shape index (κ2) is 6.78. The van der Waals surface area contributed by atoms with Gasteiger partial charge in [0.1, 0.15) is 0 Å². The Morgan fingerprint density at radius 2 is 1.88 bits per heavy atom. The van der Waals surface area contributed by atoms with Gasteiger partial charge in [-0.05, 0) is 13.8 Å². The summed E-state index contributed by atoms with van der Waals surface area (Å²) in [5, 5.41) is 0. The van der Waals surface area contributed by atoms with E-state index in [0.29, 0.717) is 6.42 Å². The molecule has 17 heavy (non-hydrogen) atoms. The van der Waals surface area contributed by atoms with Crippen LogP contribution in [0.5, 0.6) is 0 Å². The molecular weight excluding hydrogens is 253 g/mol. The Morgan fingerprint density at radius 3 is 2.24 bits per heavy atom. The number of hydrogen-bond acceptors (Lipinski definition) is 2. The average molecular weight is 270 g/mol. The summed E-state index contributed by atoms with van der Waals surface area (Å²) in [6.45, 7) is 3.75. The molecule has 0 rings (SSSR count). The van der Waals surface area contributed by atoms with Crippen LogP contribution in [0, 0.1) is 0 Å². The number of thiocarbonyl (C=S) groups is 1. The van der Waals surface area contributed by atoms with E-state index in [4.69, 9.17) is 5.73 Å². The van der Waals surface area contributed by atoms with Gasteiger partial charge in [0.25, 0.3) is 0 Å². The lowest BCUT2D eigenvalue weighted by molar-refractivity contribution is -0.150. The van der Waals surface area contributed by atoms with E-state index in [1.165, 1.54) is 4.90 Å². The molecule has 0 unspecified atom stereocenters. The molecule has 0 spiro atoms. The molecule has 3 nitrogen and oxygen atoms in total. The minimum absolute atomic E-state index is 0.162. The largest absolute Gasteiger partial charge is 0.393 e. The molecule has 2 N–H and O–H groups in total. The van der Waals surface area contributed by atoms with Crippen molar-refractivity contribution in [2.24, 2.45) is 5.73 Å². The van der Waals surface area contributed by atoms with Crippen LogP contribution in [0.3, 0.4) is 0 Å². The maximum atomic E-state index is 12.0. The predicted molar refractivity (Wildman–Crippen MR) is 63.5 cm³/mol. The van der Waals surface area contributed by atoms with Crippen LogP contribution < -0.4 is 5.73 Å². The molecule has 0 aromatic rings. The van der Waals surface area contributed by atoms with Crippen molar-refractivity contribution in [3.05, 3.63) is 0 Å². The summed E-state index contributed by atoms with van der Waals surface area (Å²) in [4.78, 5) is 13.2. The molecule has 0 fully saturated rings. The van der Waals surface area contributed by atoms with Crippen LogP contribution in [0.15, 0.2) is 0 Å². The third-order valence-electron chi connectivity index (χ3n) is 2.17. The van der Waals surface area contributed by atoms with Gasteiger partial charge >= 0.3 is 6.18 Å². The minimum atomic E-state index is -4.30. The monoisotopic (exact) mass is 270 g/mol. The van der Waals surface area contributed by atoms with Gasteiger partial charge in [0.2, 0.25) is 5.91 Å². The standard InChI is InChI=1S/C10H17F3N2OS/c1-7(2)15(6-4-8(14)17)9(16)3-5-10(11,12)13/h7H,3-6H2,1-2H3,(H2,14,17). The van der Waals surface area contributed by atoms with Crippen molar-refractivity contribution in [2.45, 2.75) is 45.3 Å². The zero-order valence-electron chi connectivity index (χ0n) is 9.88. The van der Waals surface area contributed by atoms with Crippen LogP contribution in [-0.4, -0.2) is 34.6 Å². The Kier molecular flexibility index (Phi) is 6.44. The molecule has 100 valence electrons. The van der Waals surface area contributed by atoms with E-state index >= 15 is 0 Å². The molecule has 0 aromatic carbocycles. The van der Waals surface area contributed by atoms with Gasteiger partial charge in [-0.3, -0.25) is 4.79 Å². The molecule has 0 saturated heterocycles. The summed E-state index contributed by atoms with van der Waals surface area (Å²) in [6, 6.07) is -0.162. The Hall–Kier alpha value is -0.850. The Bertz CT molecular complexity index is 279. The summed E-state index contributed by atoms with van der Waals surface area (Å²) in [7, 11) is 0. The summed E-state index contributed by atoms with van der Waals surface area (Å²) < 4.78 is 35.9. The smallest absolute Gasteiger partial charge is 0.389 e. The molecule has 0 radical (unpaired) electrons. The maximum absolute atomic E-state index is 12.0. The fourth-order valence-electron chi connectivity index (χ4n) is 1.29. The van der Waals surface area contributed by atoms with Gasteiger partial charge in [0.05, 0.1) is 11.4 Å². The predicted octanol–water partition coefficient (Wildman–Crippen LogP) is 2.24. The fraction of sp³-hybridized carbons (Fsp3) is 0.800. The maximum Gasteiger partial charge on any atom is 0.389 e. The molecule has 7 heteroatoms. The van der Waals surface area contributed by atoms with Crippen LogP contribution in [0.4, 0.5) is 13.2 Å². The van der Waals surface area contributed by atoms with Crippen molar-refractivity contribution in [1.29, 1.82) is 0 Å². The van der Waals surface area contributed by atoms with Gasteiger partial charge in [0, 0.05) is 25.4 Å². The molecule has 0 bridgehead atoms. The fourth-order valence-corrected chi connectivity index (χ4v) is 1.39. The van der Waals surface area contributed by atoms with Crippen LogP contribution >= 0.6 is 12.2 Å². The molecule has 0 aromatic heterocycles. The first-order valence-electron chi connectivity index (χ1n) is 5.28. The van der Waals surface area contributed by atoms with Gasteiger partial charge < -0.3 is 10.6 Å². The molecule has 0 saturated carbocycles. The Balaban J connectivity index is 4.30. The van der Waals surface area contributed by atoms with E-state index in [2.05, 4.69) is 12.2 Å². The molecule has 0 heterocycles. The number of carbonyl (C=O) groups excluding carboxylic acids is 1. The van der Waals surface area contributed by atoms with Gasteiger partial charge in [0.15, 0.2) is 0 Å². The third-order valence-corrected chi connectivity index (χ3v) is 2.37. The second-order valence-corrected chi connectivity index (χ2v) is 4.54. The van der Waals surface area contributed by atoms with Crippen LogP contribution in [0.1, 0.15) is 33.1 Å². The highest BCUT2D eigenvalue weighted by Gasteiger charge is 2.29. The zero-order valence-corrected chi connectivity index (χ0v) is 10.7. The molecule has 0 atom stereocenters. The number of carbonyl (C=O) groups is 1. The number of rotatable bonds is 6. The minimum Gasteiger partial charge on any atom is -0.393 e. The second-order valence-electron chi connectivity index (χ2n) is 4.01. The first kappa shape index (κ1) is 16.1. The third kappa shape index (κ3) is 7.95. The lowest BCUT2D eigenvalue weighted by Gasteiger charge is -2.26. The van der Waals surface area contributed by atoms with Crippen molar-refractivity contribution in [3.63, 3.8) is 0 Å². The van der Waals surface area contributed by atoms with E-state index in [1.807, 2.05) is 0 Å². The highest BCUT2D eigenvalue weighted by atomic mass is 32.1. The van der Waals surface area contributed by atoms with Crippen LogP contribution in [-0.2, 0) is 4.79 Å². The number of alkyl halides is 3. The summed E-state index contributed by atoms with van der Waals surface area (Å²) >= 11 is 4.67. The van der Waals surface area contributed by atoms with Crippen molar-refractivity contribution >= 4 is 23.1 Å². The van der Waals surface area contributed by atoms with Gasteiger partial charge in [-0.15, -0.1) is 0 Å². The number of hydrogen-bond donors (Lipinski definition) is 1. The quantitative estimate of drug-likeness (QED) is 0.753. The molecule has 1 amide bonds. The van der Waals surface area contributed by atoms with E-state index in [-0.39, 0.29) is 17.6 Å². The summed E-state index contributed by atoms with van der Waals surface area (Å²) in [6.07, 6.45) is -5.60. The number of nitrogens with zero attached hydrogens (tertiary/aromatic N) is 1. The van der Waals surface area contributed by atoms with Crippen molar-refractivity contribution in [2.75, 3.05) is 6.54 Å². The van der Waals surface area contributed by atoms with Crippen molar-refractivity contribution in [1.82, 2.24) is 4.90 Å². The number of amides is 1. The van der Waals surface area contributed by atoms with E-state index in [0.717, 1.165) is 0 Å². The SMILES string of the molecule is CC(C)N(CCC(N)=S)C(=O)CCC(F)(F)F. The first-order chi connectivity index (χ1) is 7.63. The zero-order chi connectivity index (χ0) is 13.6. The highest BCUT2D eigenvalue weighted by molar-refractivity contribution is 7.80. The number of nitrogens with two attached hydrogens (primary N) is 1. The van der Waals surface area contributed by atoms with Crippen LogP contribution in [0.2, 0.25) is 0 Å². The van der Waals surface area contributed by atoms with Crippen molar-refractivity contribution < 1.29 is 18.0 Å². The topological polar surface area (TPSA) is 46.3 Å². The van der Waals surface area contributed by atoms with E-state index in [1.54, 1.807) is 13.8 Å². The van der Waals surface area contributed by atoms with E-state index in [9.17, 15) is 18.0 Å². The number of halogens is 3. The molecular formula is C10H17F3N2OS. The Morgan fingerprint density at radius 1 is 1.35 bits per heavy atom. The van der Waals surface area contributed by atoms with Crippen molar-refractivity contribution in [3.8, 4) is 0 Å². The summed E-state index contributed by atoms with van der Waals surface area (Å²) in [5.41, 5.74) is 5.30. The van der Waals surface area contributed by atoms with Gasteiger partial charge in [-0.2, -0.15) is 13.2 Å². The molecule has 0 aliphatic rings. The molecule has 0 aliphatic heterocycles. The lowest BCUT2D eigenvalue weighted by Crippen LogP contribution is -2.39. The van der Waals surface area contributed by atoms with E-state index < -0.39 is 24.9 Å². The highest BCUT2D eigenvalue weighted by Crippen LogP contribution is 2.22. The first-order valence-corrected chi connectivity index (χ1v) is 5.69. The van der Waals surface area contributed by atoms with Gasteiger partial charge in [-0.1, -0.05) is 12.2 Å². The lowest BCUT2D eigenvalue weighted by atomic mass is 10.2. The molecule has 0 aliphatic carbocycles. The van der Waals surface area contributed by atoms with Gasteiger partial charge in [-0.25, -0.2) is 0 Å². The average Bonchev–Trinajstić information content (AvgIpc) is 2.12. The van der Waals surface area contributed by atoms with Crippen LogP contribution in [0.25, 0.3) is 0 Å². The Labute approximate surface area is 104 Å². The normalized spacial score (nSPS) is 11.6.